The number of rotatable bonds is 5. The molecule has 0 N–H and O–H groups in total. The van der Waals surface area contributed by atoms with Gasteiger partial charge in [0.1, 0.15) is 6.17 Å². The van der Waals surface area contributed by atoms with Crippen molar-refractivity contribution >= 4 is 6.08 Å². The van der Waals surface area contributed by atoms with Gasteiger partial charge < -0.3 is 0 Å². The van der Waals surface area contributed by atoms with Crippen LogP contribution >= 0.6 is 0 Å². The lowest BCUT2D eigenvalue weighted by Gasteiger charge is -2.24. The molecule has 0 spiro atoms. The minimum atomic E-state index is -0.578. The summed E-state index contributed by atoms with van der Waals surface area (Å²) in [6.07, 6.45) is 9.58. The Kier molecular flexibility index (Phi) is 5.85. The van der Waals surface area contributed by atoms with E-state index in [1.54, 1.807) is 0 Å². The first-order valence-electron chi connectivity index (χ1n) is 9.27. The maximum Gasteiger partial charge on any atom is 0.100 e. The molecule has 0 amide bonds. The second kappa shape index (κ2) is 8.28. The molecule has 0 radical (unpaired) electrons. The molecule has 126 valence electrons. The molecule has 3 rings (SSSR count). The number of halogens is 1. The van der Waals surface area contributed by atoms with Crippen LogP contribution in [-0.4, -0.2) is 6.17 Å². The van der Waals surface area contributed by atoms with Crippen LogP contribution in [0.15, 0.2) is 54.6 Å². The van der Waals surface area contributed by atoms with Gasteiger partial charge in [0.2, 0.25) is 0 Å². The van der Waals surface area contributed by atoms with E-state index in [9.17, 15) is 4.39 Å². The Bertz CT molecular complexity index is 643. The maximum absolute atomic E-state index is 13.3. The lowest BCUT2D eigenvalue weighted by molar-refractivity contribution is 0.235. The minimum absolute atomic E-state index is 0.539. The van der Waals surface area contributed by atoms with E-state index in [1.807, 2.05) is 0 Å². The first kappa shape index (κ1) is 17.0. The van der Waals surface area contributed by atoms with Crippen molar-refractivity contribution in [1.82, 2.24) is 0 Å². The van der Waals surface area contributed by atoms with Crippen molar-refractivity contribution in [2.24, 2.45) is 0 Å². The van der Waals surface area contributed by atoms with E-state index in [4.69, 9.17) is 0 Å². The van der Waals surface area contributed by atoms with Crippen LogP contribution in [0.1, 0.15) is 62.5 Å². The Hall–Kier alpha value is -1.89. The van der Waals surface area contributed by atoms with Crippen molar-refractivity contribution < 1.29 is 4.39 Å². The summed E-state index contributed by atoms with van der Waals surface area (Å²) in [6.45, 7) is 2.19. The van der Waals surface area contributed by atoms with Crippen molar-refractivity contribution in [2.75, 3.05) is 0 Å². The smallest absolute Gasteiger partial charge is 0.100 e. The lowest BCUT2D eigenvalue weighted by Crippen LogP contribution is -2.13. The molecule has 1 aliphatic rings. The molecule has 1 heteroatoms. The van der Waals surface area contributed by atoms with E-state index in [0.29, 0.717) is 5.92 Å². The van der Waals surface area contributed by atoms with Crippen LogP contribution in [0.5, 0.6) is 0 Å². The van der Waals surface area contributed by atoms with E-state index in [2.05, 4.69) is 67.6 Å². The summed E-state index contributed by atoms with van der Waals surface area (Å²) in [5.74, 6) is 0.539. The predicted molar refractivity (Wildman–Crippen MR) is 102 cm³/mol. The van der Waals surface area contributed by atoms with Gasteiger partial charge in [-0.3, -0.25) is 0 Å². The van der Waals surface area contributed by atoms with Crippen LogP contribution in [0.3, 0.4) is 0 Å². The summed E-state index contributed by atoms with van der Waals surface area (Å²) in [5, 5.41) is 0. The normalized spacial score (nSPS) is 21.2. The van der Waals surface area contributed by atoms with Crippen LogP contribution in [0.4, 0.5) is 4.39 Å². The van der Waals surface area contributed by atoms with Crippen LogP contribution in [0, 0.1) is 0 Å². The van der Waals surface area contributed by atoms with E-state index < -0.39 is 6.17 Å². The summed E-state index contributed by atoms with van der Waals surface area (Å²) in [7, 11) is 0. The maximum atomic E-state index is 13.3. The van der Waals surface area contributed by atoms with E-state index >= 15 is 0 Å². The number of benzene rings is 2. The number of unbranched alkanes of at least 4 members (excludes halogenated alkanes) is 1. The zero-order valence-electron chi connectivity index (χ0n) is 14.5. The summed E-state index contributed by atoms with van der Waals surface area (Å²) in [6, 6.07) is 17.6. The van der Waals surface area contributed by atoms with E-state index in [-0.39, 0.29) is 0 Å². The SMILES string of the molecule is CCCC=Cc1ccc(-c2ccc([C@H]3CC[C@H](F)CC3)cc2)cc1. The molecule has 0 heterocycles. The molecule has 0 aromatic heterocycles. The molecule has 0 saturated heterocycles. The highest BCUT2D eigenvalue weighted by Crippen LogP contribution is 2.34. The fourth-order valence-corrected chi connectivity index (χ4v) is 3.51. The highest BCUT2D eigenvalue weighted by Gasteiger charge is 2.21. The molecular weight excluding hydrogens is 295 g/mol. The molecule has 0 aliphatic heterocycles. The molecule has 2 aromatic rings. The molecule has 1 fully saturated rings. The van der Waals surface area contributed by atoms with Gasteiger partial charge in [-0.2, -0.15) is 0 Å². The number of alkyl halides is 1. The monoisotopic (exact) mass is 322 g/mol. The third-order valence-electron chi connectivity index (χ3n) is 5.05. The fraction of sp³-hybridized carbons (Fsp3) is 0.391. The number of hydrogen-bond donors (Lipinski definition) is 0. The first-order valence-corrected chi connectivity index (χ1v) is 9.27. The quantitative estimate of drug-likeness (QED) is 0.547. The third-order valence-corrected chi connectivity index (χ3v) is 5.05. The van der Waals surface area contributed by atoms with Crippen molar-refractivity contribution in [2.45, 2.75) is 57.5 Å². The van der Waals surface area contributed by atoms with Gasteiger partial charge in [0.15, 0.2) is 0 Å². The standard InChI is InChI=1S/C23H27F/c1-2-3-4-5-18-6-8-19(9-7-18)20-10-12-21(13-11-20)22-14-16-23(24)17-15-22/h4-13,22-23H,2-3,14-17H2,1H3/t22-,23-. The van der Waals surface area contributed by atoms with Crippen molar-refractivity contribution in [3.05, 3.63) is 65.7 Å². The molecule has 0 atom stereocenters. The minimum Gasteiger partial charge on any atom is -0.247 e. The topological polar surface area (TPSA) is 0 Å². The van der Waals surface area contributed by atoms with Crippen LogP contribution in [-0.2, 0) is 0 Å². The lowest BCUT2D eigenvalue weighted by atomic mass is 9.83. The van der Waals surface area contributed by atoms with Gasteiger partial charge in [-0.15, -0.1) is 0 Å². The summed E-state index contributed by atoms with van der Waals surface area (Å²) in [4.78, 5) is 0. The predicted octanol–water partition coefficient (Wildman–Crippen LogP) is 7.16. The molecule has 0 nitrogen and oxygen atoms in total. The average Bonchev–Trinajstić information content (AvgIpc) is 2.63. The molecule has 0 unspecified atom stereocenters. The van der Waals surface area contributed by atoms with Crippen molar-refractivity contribution in [3.63, 3.8) is 0 Å². The van der Waals surface area contributed by atoms with Crippen molar-refractivity contribution in [1.29, 1.82) is 0 Å². The second-order valence-electron chi connectivity index (χ2n) is 6.88. The van der Waals surface area contributed by atoms with Gasteiger partial charge in [-0.25, -0.2) is 4.39 Å². The van der Waals surface area contributed by atoms with Gasteiger partial charge in [-0.05, 0) is 60.3 Å². The third kappa shape index (κ3) is 4.35. The molecule has 0 bridgehead atoms. The molecule has 24 heavy (non-hydrogen) atoms. The molecule has 1 aliphatic carbocycles. The summed E-state index contributed by atoms with van der Waals surface area (Å²) >= 11 is 0. The molecular formula is C23H27F. The van der Waals surface area contributed by atoms with Gasteiger partial charge in [-0.1, -0.05) is 74.0 Å². The largest absolute Gasteiger partial charge is 0.247 e. The summed E-state index contributed by atoms with van der Waals surface area (Å²) < 4.78 is 13.3. The van der Waals surface area contributed by atoms with Gasteiger partial charge in [0.05, 0.1) is 0 Å². The zero-order chi connectivity index (χ0) is 16.8. The van der Waals surface area contributed by atoms with Crippen LogP contribution in [0.25, 0.3) is 17.2 Å². The highest BCUT2D eigenvalue weighted by atomic mass is 19.1. The number of allylic oxidation sites excluding steroid dienone is 1. The van der Waals surface area contributed by atoms with Gasteiger partial charge >= 0.3 is 0 Å². The van der Waals surface area contributed by atoms with Crippen molar-refractivity contribution in [3.8, 4) is 11.1 Å². The summed E-state index contributed by atoms with van der Waals surface area (Å²) in [5.41, 5.74) is 5.13. The second-order valence-corrected chi connectivity index (χ2v) is 6.88. The van der Waals surface area contributed by atoms with E-state index in [1.165, 1.54) is 28.7 Å². The fourth-order valence-electron chi connectivity index (χ4n) is 3.51. The Morgan fingerprint density at radius 3 is 2.04 bits per heavy atom. The Morgan fingerprint density at radius 1 is 0.875 bits per heavy atom. The highest BCUT2D eigenvalue weighted by molar-refractivity contribution is 5.66. The first-order chi connectivity index (χ1) is 11.8. The average molecular weight is 322 g/mol. The van der Waals surface area contributed by atoms with E-state index in [0.717, 1.165) is 32.1 Å². The van der Waals surface area contributed by atoms with Crippen LogP contribution < -0.4 is 0 Å². The Balaban J connectivity index is 1.67. The molecule has 2 aromatic carbocycles. The van der Waals surface area contributed by atoms with Crippen LogP contribution in [0.2, 0.25) is 0 Å². The molecule has 1 saturated carbocycles. The number of hydrogen-bond acceptors (Lipinski definition) is 0. The Labute approximate surface area is 145 Å². The van der Waals surface area contributed by atoms with Gasteiger partial charge in [0.25, 0.3) is 0 Å². The zero-order valence-corrected chi connectivity index (χ0v) is 14.5. The Morgan fingerprint density at radius 2 is 1.46 bits per heavy atom. The van der Waals surface area contributed by atoms with Gasteiger partial charge in [0, 0.05) is 0 Å².